The summed E-state index contributed by atoms with van der Waals surface area (Å²) in [6.45, 7) is 9.40. The fourth-order valence-electron chi connectivity index (χ4n) is 4.72. The molecule has 2 heteroatoms. The van der Waals surface area contributed by atoms with Gasteiger partial charge in [-0.25, -0.2) is 0 Å². The zero-order valence-electron chi connectivity index (χ0n) is 14.9. The molecule has 2 aromatic carbocycles. The monoisotopic (exact) mass is 328 g/mol. The van der Waals surface area contributed by atoms with Crippen LogP contribution in [0.5, 0.6) is 0 Å². The third-order valence-corrected chi connectivity index (χ3v) is 5.72. The Morgan fingerprint density at radius 2 is 1.80 bits per heavy atom. The molecule has 0 spiro atoms. The predicted molar refractivity (Wildman–Crippen MR) is 104 cm³/mol. The van der Waals surface area contributed by atoms with Gasteiger partial charge >= 0.3 is 0 Å². The van der Waals surface area contributed by atoms with Gasteiger partial charge in [0.25, 0.3) is 0 Å². The van der Waals surface area contributed by atoms with Crippen LogP contribution in [-0.4, -0.2) is 22.6 Å². The molecule has 5 rings (SSSR count). The van der Waals surface area contributed by atoms with E-state index in [4.69, 9.17) is 0 Å². The Balaban J connectivity index is 1.77. The average molecular weight is 328 g/mol. The average Bonchev–Trinajstić information content (AvgIpc) is 2.83. The summed E-state index contributed by atoms with van der Waals surface area (Å²) in [6, 6.07) is 15.9. The molecule has 0 saturated heterocycles. The fourth-order valence-corrected chi connectivity index (χ4v) is 4.72. The zero-order chi connectivity index (χ0) is 17.0. The van der Waals surface area contributed by atoms with E-state index in [1.807, 2.05) is 0 Å². The molecule has 0 fully saturated rings. The first-order chi connectivity index (χ1) is 12.2. The van der Waals surface area contributed by atoms with Crippen molar-refractivity contribution in [2.24, 2.45) is 0 Å². The maximum atomic E-state index is 4.11. The smallest absolute Gasteiger partial charge is 0.0567 e. The molecule has 2 aliphatic rings. The zero-order valence-corrected chi connectivity index (χ0v) is 14.9. The molecule has 0 saturated carbocycles. The van der Waals surface area contributed by atoms with Crippen molar-refractivity contribution in [1.29, 1.82) is 0 Å². The van der Waals surface area contributed by atoms with E-state index >= 15 is 0 Å². The molecule has 2 nitrogen and oxygen atoms in total. The molecule has 126 valence electrons. The summed E-state index contributed by atoms with van der Waals surface area (Å²) in [6.07, 6.45) is 3.38. The SMILES string of the molecule is C=C(C)CN1CCc2c(c3cccc4c3n2-c2ccccc2CC4)C1. The minimum atomic E-state index is 1.00. The van der Waals surface area contributed by atoms with E-state index in [2.05, 4.69) is 65.4 Å². The lowest BCUT2D eigenvalue weighted by Crippen LogP contribution is -2.32. The van der Waals surface area contributed by atoms with Gasteiger partial charge in [0.2, 0.25) is 0 Å². The number of rotatable bonds is 2. The molecule has 3 heterocycles. The first kappa shape index (κ1) is 15.0. The standard InChI is InChI=1S/C23H24N2/c1-16(2)14-24-13-12-22-20(15-24)19-8-5-7-18-11-10-17-6-3-4-9-21(17)25(22)23(18)19/h3-9H,1,10-15H2,2H3. The van der Waals surface area contributed by atoms with Crippen molar-refractivity contribution in [2.75, 3.05) is 13.1 Å². The Morgan fingerprint density at radius 1 is 1.00 bits per heavy atom. The van der Waals surface area contributed by atoms with E-state index in [-0.39, 0.29) is 0 Å². The van der Waals surface area contributed by atoms with E-state index in [1.165, 1.54) is 44.5 Å². The molecule has 0 unspecified atom stereocenters. The number of aryl methyl sites for hydroxylation is 2. The molecule has 0 N–H and O–H groups in total. The molecular formula is C23H24N2. The number of hydrogen-bond donors (Lipinski definition) is 0. The molecule has 1 aromatic heterocycles. The lowest BCUT2D eigenvalue weighted by molar-refractivity contribution is 0.275. The van der Waals surface area contributed by atoms with E-state index in [0.717, 1.165) is 38.9 Å². The van der Waals surface area contributed by atoms with Gasteiger partial charge in [-0.2, -0.15) is 0 Å². The second kappa shape index (κ2) is 5.60. The number of nitrogens with zero attached hydrogens (tertiary/aromatic N) is 2. The second-order valence-corrected chi connectivity index (χ2v) is 7.62. The van der Waals surface area contributed by atoms with Gasteiger partial charge in [-0.15, -0.1) is 0 Å². The Hall–Kier alpha value is -2.32. The highest BCUT2D eigenvalue weighted by Crippen LogP contribution is 2.38. The van der Waals surface area contributed by atoms with Gasteiger partial charge in [0.15, 0.2) is 0 Å². The van der Waals surface area contributed by atoms with E-state index in [1.54, 1.807) is 0 Å². The quantitative estimate of drug-likeness (QED) is 0.621. The molecule has 0 radical (unpaired) electrons. The normalized spacial score (nSPS) is 16.4. The molecule has 0 amide bonds. The van der Waals surface area contributed by atoms with E-state index in [9.17, 15) is 0 Å². The number of fused-ring (bicyclic) bond motifs is 5. The summed E-state index contributed by atoms with van der Waals surface area (Å²) in [5.41, 5.74) is 10.1. The van der Waals surface area contributed by atoms with Crippen LogP contribution in [0.3, 0.4) is 0 Å². The van der Waals surface area contributed by atoms with Crippen molar-refractivity contribution in [1.82, 2.24) is 9.47 Å². The lowest BCUT2D eigenvalue weighted by atomic mass is 9.99. The van der Waals surface area contributed by atoms with Crippen LogP contribution in [0.2, 0.25) is 0 Å². The first-order valence-corrected chi connectivity index (χ1v) is 9.31. The van der Waals surface area contributed by atoms with Crippen LogP contribution >= 0.6 is 0 Å². The van der Waals surface area contributed by atoms with Gasteiger partial charge in [-0.05, 0) is 42.5 Å². The van der Waals surface area contributed by atoms with Gasteiger partial charge in [-0.1, -0.05) is 48.6 Å². The fraction of sp³-hybridized carbons (Fsp3) is 0.304. The Labute approximate surface area is 149 Å². The van der Waals surface area contributed by atoms with Crippen LogP contribution in [0.4, 0.5) is 0 Å². The third kappa shape index (κ3) is 2.28. The second-order valence-electron chi connectivity index (χ2n) is 7.62. The molecule has 0 bridgehead atoms. The number of hydrogen-bond acceptors (Lipinski definition) is 1. The van der Waals surface area contributed by atoms with Crippen LogP contribution in [0, 0.1) is 0 Å². The first-order valence-electron chi connectivity index (χ1n) is 9.31. The number of para-hydroxylation sites is 2. The van der Waals surface area contributed by atoms with Crippen LogP contribution in [0.15, 0.2) is 54.6 Å². The van der Waals surface area contributed by atoms with Crippen molar-refractivity contribution in [3.63, 3.8) is 0 Å². The summed E-state index contributed by atoms with van der Waals surface area (Å²) in [7, 11) is 0. The van der Waals surface area contributed by atoms with Crippen LogP contribution in [-0.2, 0) is 25.8 Å². The summed E-state index contributed by atoms with van der Waals surface area (Å²) < 4.78 is 2.58. The minimum Gasteiger partial charge on any atom is -0.313 e. The Morgan fingerprint density at radius 3 is 2.68 bits per heavy atom. The van der Waals surface area contributed by atoms with Crippen molar-refractivity contribution in [2.45, 2.75) is 32.7 Å². The molecular weight excluding hydrogens is 304 g/mol. The summed E-state index contributed by atoms with van der Waals surface area (Å²) in [4.78, 5) is 2.54. The van der Waals surface area contributed by atoms with Crippen LogP contribution < -0.4 is 0 Å². The maximum Gasteiger partial charge on any atom is 0.0567 e. The molecule has 3 aromatic rings. The van der Waals surface area contributed by atoms with Crippen molar-refractivity contribution < 1.29 is 0 Å². The van der Waals surface area contributed by atoms with E-state index in [0.29, 0.717) is 0 Å². The van der Waals surface area contributed by atoms with Crippen molar-refractivity contribution in [3.8, 4) is 5.69 Å². The van der Waals surface area contributed by atoms with Gasteiger partial charge < -0.3 is 4.57 Å². The lowest BCUT2D eigenvalue weighted by Gasteiger charge is -2.28. The molecule has 2 aliphatic heterocycles. The van der Waals surface area contributed by atoms with Crippen molar-refractivity contribution in [3.05, 3.63) is 77.0 Å². The van der Waals surface area contributed by atoms with E-state index < -0.39 is 0 Å². The topological polar surface area (TPSA) is 8.17 Å². The number of benzene rings is 2. The Bertz CT molecular complexity index is 993. The third-order valence-electron chi connectivity index (χ3n) is 5.72. The van der Waals surface area contributed by atoms with Crippen LogP contribution in [0.1, 0.15) is 29.3 Å². The largest absolute Gasteiger partial charge is 0.313 e. The Kier molecular flexibility index (Phi) is 3.36. The molecule has 0 atom stereocenters. The van der Waals surface area contributed by atoms with Gasteiger partial charge in [-0.3, -0.25) is 4.90 Å². The molecule has 25 heavy (non-hydrogen) atoms. The highest BCUT2D eigenvalue weighted by molar-refractivity contribution is 5.91. The maximum absolute atomic E-state index is 4.11. The van der Waals surface area contributed by atoms with Gasteiger partial charge in [0.05, 0.1) is 5.52 Å². The van der Waals surface area contributed by atoms with Crippen molar-refractivity contribution >= 4 is 10.9 Å². The highest BCUT2D eigenvalue weighted by atomic mass is 15.1. The van der Waals surface area contributed by atoms with Gasteiger partial charge in [0, 0.05) is 42.8 Å². The van der Waals surface area contributed by atoms with Gasteiger partial charge in [0.1, 0.15) is 0 Å². The minimum absolute atomic E-state index is 1.00. The van der Waals surface area contributed by atoms with Crippen LogP contribution in [0.25, 0.3) is 16.6 Å². The summed E-state index contributed by atoms with van der Waals surface area (Å²) in [5.74, 6) is 0. The molecule has 0 aliphatic carbocycles. The predicted octanol–water partition coefficient (Wildman–Crippen LogP) is 4.66. The summed E-state index contributed by atoms with van der Waals surface area (Å²) >= 11 is 0. The summed E-state index contributed by atoms with van der Waals surface area (Å²) in [5, 5.41) is 1.45. The number of aromatic nitrogens is 1. The highest BCUT2D eigenvalue weighted by Gasteiger charge is 2.27.